The van der Waals surface area contributed by atoms with E-state index in [4.69, 9.17) is 10.5 Å². The number of hydrogen-bond donors (Lipinski definition) is 3. The fourth-order valence-electron chi connectivity index (χ4n) is 2.32. The van der Waals surface area contributed by atoms with Gasteiger partial charge in [-0.05, 0) is 25.0 Å². The average molecular weight is 325 g/mol. The minimum absolute atomic E-state index is 0.00373. The van der Waals surface area contributed by atoms with E-state index in [0.29, 0.717) is 25.0 Å². The van der Waals surface area contributed by atoms with E-state index in [1.807, 2.05) is 54.7 Å². The molecule has 2 aromatic rings. The van der Waals surface area contributed by atoms with E-state index in [1.165, 1.54) is 5.56 Å². The Kier molecular flexibility index (Phi) is 7.33. The van der Waals surface area contributed by atoms with Crippen LogP contribution in [0, 0.1) is 0 Å². The number of nitrogens with one attached hydrogen (secondary N) is 2. The van der Waals surface area contributed by atoms with E-state index in [2.05, 4.69) is 36.6 Å². The molecule has 0 aliphatic rings. The van der Waals surface area contributed by atoms with E-state index in [0.717, 1.165) is 5.56 Å². The third-order valence-electron chi connectivity index (χ3n) is 3.48. The summed E-state index contributed by atoms with van der Waals surface area (Å²) >= 11 is 0. The molecule has 0 aliphatic heterocycles. The van der Waals surface area contributed by atoms with Crippen molar-refractivity contribution in [3.63, 3.8) is 0 Å². The van der Waals surface area contributed by atoms with Crippen molar-refractivity contribution in [2.24, 2.45) is 5.73 Å². The van der Waals surface area contributed by atoms with Gasteiger partial charge >= 0.3 is 0 Å². The molecule has 0 radical (unpaired) electrons. The third-order valence-corrected chi connectivity index (χ3v) is 3.48. The van der Waals surface area contributed by atoms with Gasteiger partial charge in [0, 0.05) is 12.2 Å². The SMILES string of the molecule is CC(C)NC(COCc1ccccc1)N/C=C(\N)c1ccccc1. The van der Waals surface area contributed by atoms with Crippen LogP contribution in [0.1, 0.15) is 25.0 Å². The molecule has 0 aromatic heterocycles. The zero-order chi connectivity index (χ0) is 17.2. The fraction of sp³-hybridized carbons (Fsp3) is 0.300. The van der Waals surface area contributed by atoms with Crippen molar-refractivity contribution in [2.45, 2.75) is 32.7 Å². The molecule has 0 fully saturated rings. The van der Waals surface area contributed by atoms with Gasteiger partial charge in [0.15, 0.2) is 0 Å². The first kappa shape index (κ1) is 18.0. The number of rotatable bonds is 9. The zero-order valence-electron chi connectivity index (χ0n) is 14.4. The Morgan fingerprint density at radius 1 is 1.04 bits per heavy atom. The molecule has 4 nitrogen and oxygen atoms in total. The summed E-state index contributed by atoms with van der Waals surface area (Å²) in [5.41, 5.74) is 8.99. The van der Waals surface area contributed by atoms with E-state index in [1.54, 1.807) is 0 Å². The molecule has 2 aromatic carbocycles. The summed E-state index contributed by atoms with van der Waals surface area (Å²) in [5.74, 6) is 0. The van der Waals surface area contributed by atoms with Gasteiger partial charge in [0.25, 0.3) is 0 Å². The first-order valence-corrected chi connectivity index (χ1v) is 8.30. The maximum absolute atomic E-state index is 6.12. The van der Waals surface area contributed by atoms with E-state index in [-0.39, 0.29) is 6.17 Å². The van der Waals surface area contributed by atoms with Crippen molar-refractivity contribution < 1.29 is 4.74 Å². The van der Waals surface area contributed by atoms with Crippen LogP contribution in [0.4, 0.5) is 0 Å². The van der Waals surface area contributed by atoms with Crippen LogP contribution >= 0.6 is 0 Å². The summed E-state index contributed by atoms with van der Waals surface area (Å²) < 4.78 is 5.83. The lowest BCUT2D eigenvalue weighted by molar-refractivity contribution is 0.0908. The zero-order valence-corrected chi connectivity index (χ0v) is 14.4. The van der Waals surface area contributed by atoms with Gasteiger partial charge in [0.05, 0.1) is 18.9 Å². The lowest BCUT2D eigenvalue weighted by atomic mass is 10.2. The third kappa shape index (κ3) is 6.44. The average Bonchev–Trinajstić information content (AvgIpc) is 2.60. The lowest BCUT2D eigenvalue weighted by Crippen LogP contribution is -2.46. The molecule has 1 unspecified atom stereocenters. The van der Waals surface area contributed by atoms with Gasteiger partial charge < -0.3 is 15.8 Å². The Hall–Kier alpha value is -2.30. The van der Waals surface area contributed by atoms with Crippen LogP contribution in [0.3, 0.4) is 0 Å². The largest absolute Gasteiger partial charge is 0.397 e. The Morgan fingerprint density at radius 3 is 2.29 bits per heavy atom. The summed E-state index contributed by atoms with van der Waals surface area (Å²) in [7, 11) is 0. The molecule has 0 bridgehead atoms. The monoisotopic (exact) mass is 325 g/mol. The number of hydrogen-bond acceptors (Lipinski definition) is 4. The van der Waals surface area contributed by atoms with Crippen LogP contribution in [0.25, 0.3) is 5.70 Å². The molecule has 0 spiro atoms. The molecule has 4 N–H and O–H groups in total. The van der Waals surface area contributed by atoms with Crippen LogP contribution in [0.5, 0.6) is 0 Å². The minimum Gasteiger partial charge on any atom is -0.397 e. The molecule has 0 heterocycles. The van der Waals surface area contributed by atoms with Crippen molar-refractivity contribution in [1.82, 2.24) is 10.6 Å². The quantitative estimate of drug-likeness (QED) is 0.620. The number of benzene rings is 2. The first-order valence-electron chi connectivity index (χ1n) is 8.30. The maximum Gasteiger partial charge on any atom is 0.101 e. The van der Waals surface area contributed by atoms with Crippen molar-refractivity contribution in [1.29, 1.82) is 0 Å². The standard InChI is InChI=1S/C20H27N3O/c1-16(2)23-20(15-24-14-17-9-5-3-6-10-17)22-13-19(21)18-11-7-4-8-12-18/h3-13,16,20,22-23H,14-15,21H2,1-2H3/b19-13-. The molecule has 1 atom stereocenters. The maximum atomic E-state index is 6.12. The molecule has 0 saturated heterocycles. The van der Waals surface area contributed by atoms with Crippen molar-refractivity contribution >= 4 is 5.70 Å². The van der Waals surface area contributed by atoms with Gasteiger partial charge in [-0.25, -0.2) is 0 Å². The number of ether oxygens (including phenoxy) is 1. The van der Waals surface area contributed by atoms with Gasteiger partial charge in [-0.1, -0.05) is 60.7 Å². The molecular formula is C20H27N3O. The highest BCUT2D eigenvalue weighted by Gasteiger charge is 2.08. The summed E-state index contributed by atoms with van der Waals surface area (Å²) in [6.07, 6.45) is 1.83. The summed E-state index contributed by atoms with van der Waals surface area (Å²) in [5, 5.41) is 6.75. The Labute approximate surface area is 144 Å². The second-order valence-electron chi connectivity index (χ2n) is 6.01. The van der Waals surface area contributed by atoms with Gasteiger partial charge in [0.1, 0.15) is 6.17 Å². The highest BCUT2D eigenvalue weighted by atomic mass is 16.5. The molecule has 0 amide bonds. The van der Waals surface area contributed by atoms with Crippen molar-refractivity contribution in [3.8, 4) is 0 Å². The second-order valence-corrected chi connectivity index (χ2v) is 6.01. The Morgan fingerprint density at radius 2 is 1.67 bits per heavy atom. The number of nitrogens with two attached hydrogens (primary N) is 1. The predicted octanol–water partition coefficient (Wildman–Crippen LogP) is 3.07. The summed E-state index contributed by atoms with van der Waals surface area (Å²) in [6.45, 7) is 5.36. The highest BCUT2D eigenvalue weighted by molar-refractivity contribution is 5.61. The van der Waals surface area contributed by atoms with E-state index >= 15 is 0 Å². The second kappa shape index (κ2) is 9.75. The molecule has 4 heteroatoms. The van der Waals surface area contributed by atoms with Crippen molar-refractivity contribution in [2.75, 3.05) is 6.61 Å². The van der Waals surface area contributed by atoms with Crippen molar-refractivity contribution in [3.05, 3.63) is 78.0 Å². The highest BCUT2D eigenvalue weighted by Crippen LogP contribution is 2.06. The lowest BCUT2D eigenvalue weighted by Gasteiger charge is -2.22. The van der Waals surface area contributed by atoms with Gasteiger partial charge in [-0.15, -0.1) is 0 Å². The van der Waals surface area contributed by atoms with Crippen LogP contribution in [-0.2, 0) is 11.3 Å². The van der Waals surface area contributed by atoms with E-state index in [9.17, 15) is 0 Å². The minimum atomic E-state index is -0.00373. The topological polar surface area (TPSA) is 59.3 Å². The normalized spacial score (nSPS) is 13.0. The van der Waals surface area contributed by atoms with Crippen LogP contribution in [0.15, 0.2) is 66.9 Å². The predicted molar refractivity (Wildman–Crippen MR) is 99.9 cm³/mol. The summed E-state index contributed by atoms with van der Waals surface area (Å²) in [4.78, 5) is 0. The summed E-state index contributed by atoms with van der Waals surface area (Å²) in [6, 6.07) is 20.4. The Balaban J connectivity index is 1.88. The van der Waals surface area contributed by atoms with Gasteiger partial charge in [-0.3, -0.25) is 5.32 Å². The molecule has 0 aliphatic carbocycles. The van der Waals surface area contributed by atoms with E-state index < -0.39 is 0 Å². The smallest absolute Gasteiger partial charge is 0.101 e. The molecule has 0 saturated carbocycles. The molecule has 128 valence electrons. The van der Waals surface area contributed by atoms with Gasteiger partial charge in [0.2, 0.25) is 0 Å². The van der Waals surface area contributed by atoms with Gasteiger partial charge in [-0.2, -0.15) is 0 Å². The van der Waals surface area contributed by atoms with Crippen LogP contribution in [-0.4, -0.2) is 18.8 Å². The Bertz CT molecular complexity index is 611. The van der Waals surface area contributed by atoms with Crippen LogP contribution < -0.4 is 16.4 Å². The molecular weight excluding hydrogens is 298 g/mol. The first-order chi connectivity index (χ1) is 11.6. The molecule has 24 heavy (non-hydrogen) atoms. The molecule has 2 rings (SSSR count). The van der Waals surface area contributed by atoms with Crippen LogP contribution in [0.2, 0.25) is 0 Å². The fourth-order valence-corrected chi connectivity index (χ4v) is 2.32.